The molecular weight excluding hydrogens is 288 g/mol. The van der Waals surface area contributed by atoms with E-state index >= 15 is 0 Å². The van der Waals surface area contributed by atoms with Gasteiger partial charge in [-0.15, -0.1) is 0 Å². The third-order valence-electron chi connectivity index (χ3n) is 3.97. The highest BCUT2D eigenvalue weighted by atomic mass is 16.5. The van der Waals surface area contributed by atoms with Crippen molar-refractivity contribution in [2.45, 2.75) is 13.8 Å². The maximum atomic E-state index is 5.66. The quantitative estimate of drug-likeness (QED) is 0.535. The van der Waals surface area contributed by atoms with Crippen LogP contribution >= 0.6 is 0 Å². The number of benzene rings is 2. The highest BCUT2D eigenvalue weighted by Gasteiger charge is 2.27. The van der Waals surface area contributed by atoms with E-state index in [2.05, 4.69) is 24.0 Å². The minimum Gasteiger partial charge on any atom is -0.461 e. The van der Waals surface area contributed by atoms with Gasteiger partial charge in [-0.2, -0.15) is 0 Å². The predicted molar refractivity (Wildman–Crippen MR) is 88.1 cm³/mol. The minimum atomic E-state index is 0.686. The number of fused-ring (bicyclic) bond motifs is 3. The molecule has 4 rings (SSSR count). The number of methoxy groups -OCH3 is 1. The fourth-order valence-electron chi connectivity index (χ4n) is 2.93. The van der Waals surface area contributed by atoms with E-state index in [0.717, 1.165) is 27.9 Å². The van der Waals surface area contributed by atoms with Crippen molar-refractivity contribution in [1.82, 2.24) is 14.9 Å². The number of para-hydroxylation sites is 2. The van der Waals surface area contributed by atoms with Crippen LogP contribution in [-0.4, -0.2) is 22.0 Å². The Morgan fingerprint density at radius 3 is 2.65 bits per heavy atom. The van der Waals surface area contributed by atoms with Crippen molar-refractivity contribution in [1.29, 1.82) is 0 Å². The van der Waals surface area contributed by atoms with E-state index < -0.39 is 0 Å². The molecule has 4 aromatic rings. The molecule has 23 heavy (non-hydrogen) atoms. The second-order valence-electron chi connectivity index (χ2n) is 5.60. The van der Waals surface area contributed by atoms with E-state index in [-0.39, 0.29) is 0 Å². The maximum Gasteiger partial charge on any atom is 0.363 e. The van der Waals surface area contributed by atoms with Crippen molar-refractivity contribution in [3.63, 3.8) is 0 Å². The topological polar surface area (TPSA) is 44.0 Å². The monoisotopic (exact) mass is 305 g/mol. The standard InChI is InChI=1S/C18H17N4O/c1-12-7-6-8-14(11-12)21-18(23-3)17-13(2)19-15-9-4-5-10-16(15)22(17)20-21/h4-11H,1-3H3/q+1. The number of rotatable bonds is 2. The van der Waals surface area contributed by atoms with Crippen molar-refractivity contribution in [3.8, 4) is 11.6 Å². The molecule has 0 aliphatic heterocycles. The number of nitrogens with zero attached hydrogens (tertiary/aromatic N) is 4. The number of aromatic nitrogens is 4. The van der Waals surface area contributed by atoms with Crippen molar-refractivity contribution in [3.05, 3.63) is 59.8 Å². The third-order valence-corrected chi connectivity index (χ3v) is 3.97. The molecule has 0 unspecified atom stereocenters. The molecule has 0 saturated heterocycles. The fraction of sp³-hybridized carbons (Fsp3) is 0.167. The summed E-state index contributed by atoms with van der Waals surface area (Å²) in [5.74, 6) is 0.686. The van der Waals surface area contributed by atoms with E-state index in [1.807, 2.05) is 52.5 Å². The predicted octanol–water partition coefficient (Wildman–Crippen LogP) is 2.78. The van der Waals surface area contributed by atoms with Gasteiger partial charge in [0.2, 0.25) is 0 Å². The van der Waals surface area contributed by atoms with Crippen LogP contribution in [0, 0.1) is 13.8 Å². The van der Waals surface area contributed by atoms with Gasteiger partial charge in [-0.25, -0.2) is 4.98 Å². The molecular formula is C18H17N4O+. The number of ether oxygens (including phenoxy) is 1. The lowest BCUT2D eigenvalue weighted by Gasteiger charge is -1.99. The van der Waals surface area contributed by atoms with E-state index in [9.17, 15) is 0 Å². The second-order valence-corrected chi connectivity index (χ2v) is 5.60. The van der Waals surface area contributed by atoms with E-state index in [1.165, 1.54) is 5.56 Å². The largest absolute Gasteiger partial charge is 0.461 e. The number of hydrogen-bond donors (Lipinski definition) is 0. The van der Waals surface area contributed by atoms with Gasteiger partial charge in [-0.05, 0) is 43.7 Å². The lowest BCUT2D eigenvalue weighted by molar-refractivity contribution is -0.556. The highest BCUT2D eigenvalue weighted by molar-refractivity contribution is 5.74. The molecule has 2 aromatic carbocycles. The molecule has 0 N–H and O–H groups in total. The summed E-state index contributed by atoms with van der Waals surface area (Å²) >= 11 is 0. The lowest BCUT2D eigenvalue weighted by atomic mass is 10.2. The Morgan fingerprint density at radius 2 is 1.87 bits per heavy atom. The average Bonchev–Trinajstić information content (AvgIpc) is 2.95. The van der Waals surface area contributed by atoms with Crippen LogP contribution in [-0.2, 0) is 0 Å². The van der Waals surface area contributed by atoms with Gasteiger partial charge in [0, 0.05) is 0 Å². The van der Waals surface area contributed by atoms with Gasteiger partial charge in [0.15, 0.2) is 11.2 Å². The van der Waals surface area contributed by atoms with Crippen LogP contribution < -0.4 is 9.25 Å². The van der Waals surface area contributed by atoms with Crippen molar-refractivity contribution in [2.75, 3.05) is 7.11 Å². The van der Waals surface area contributed by atoms with Crippen LogP contribution in [0.15, 0.2) is 48.5 Å². The first-order valence-corrected chi connectivity index (χ1v) is 7.50. The summed E-state index contributed by atoms with van der Waals surface area (Å²) in [7, 11) is 1.66. The Bertz CT molecular complexity index is 1040. The molecule has 5 heteroatoms. The molecule has 0 atom stereocenters. The normalized spacial score (nSPS) is 11.3. The van der Waals surface area contributed by atoms with Crippen LogP contribution in [0.4, 0.5) is 0 Å². The minimum absolute atomic E-state index is 0.686. The third kappa shape index (κ3) is 2.04. The molecule has 2 aromatic heterocycles. The number of hydrogen-bond acceptors (Lipinski definition) is 3. The summed E-state index contributed by atoms with van der Waals surface area (Å²) in [6.07, 6.45) is 0. The molecule has 114 valence electrons. The van der Waals surface area contributed by atoms with Gasteiger partial charge >= 0.3 is 5.88 Å². The molecule has 2 heterocycles. The second kappa shape index (κ2) is 5.05. The van der Waals surface area contributed by atoms with Crippen molar-refractivity contribution >= 4 is 16.6 Å². The zero-order chi connectivity index (χ0) is 16.0. The Morgan fingerprint density at radius 1 is 1.04 bits per heavy atom. The molecule has 0 aliphatic carbocycles. The van der Waals surface area contributed by atoms with Crippen LogP contribution in [0.5, 0.6) is 5.88 Å². The van der Waals surface area contributed by atoms with Gasteiger partial charge < -0.3 is 4.74 Å². The summed E-state index contributed by atoms with van der Waals surface area (Å²) in [6, 6.07) is 16.2. The van der Waals surface area contributed by atoms with Gasteiger partial charge in [0.25, 0.3) is 5.52 Å². The molecule has 0 spiro atoms. The van der Waals surface area contributed by atoms with Crippen LogP contribution in [0.25, 0.3) is 22.2 Å². The van der Waals surface area contributed by atoms with Gasteiger partial charge in [0.1, 0.15) is 10.7 Å². The van der Waals surface area contributed by atoms with Gasteiger partial charge in [-0.3, -0.25) is 0 Å². The van der Waals surface area contributed by atoms with E-state index in [0.29, 0.717) is 5.88 Å². The maximum absolute atomic E-state index is 5.66. The first kappa shape index (κ1) is 13.7. The summed E-state index contributed by atoms with van der Waals surface area (Å²) in [4.78, 5) is 4.68. The first-order chi connectivity index (χ1) is 11.2. The summed E-state index contributed by atoms with van der Waals surface area (Å²) in [5.41, 5.74) is 5.78. The SMILES string of the molecule is COc1c2c(C)nc3ccccc3[n+]2nn1-c1cccc(C)c1. The summed E-state index contributed by atoms with van der Waals surface area (Å²) in [6.45, 7) is 4.04. The van der Waals surface area contributed by atoms with Crippen molar-refractivity contribution < 1.29 is 9.25 Å². The van der Waals surface area contributed by atoms with Crippen LogP contribution in [0.3, 0.4) is 0 Å². The highest BCUT2D eigenvalue weighted by Crippen LogP contribution is 2.24. The Hall–Kier alpha value is -2.95. The molecule has 0 saturated carbocycles. The summed E-state index contributed by atoms with van der Waals surface area (Å²) in [5, 5.41) is 4.75. The zero-order valence-corrected chi connectivity index (χ0v) is 13.3. The molecule has 0 fully saturated rings. The molecule has 0 radical (unpaired) electrons. The number of aryl methyl sites for hydroxylation is 2. The first-order valence-electron chi connectivity index (χ1n) is 7.50. The average molecular weight is 305 g/mol. The van der Waals surface area contributed by atoms with Gasteiger partial charge in [-0.1, -0.05) is 33.5 Å². The lowest BCUT2D eigenvalue weighted by Crippen LogP contribution is -2.27. The van der Waals surface area contributed by atoms with Crippen LogP contribution in [0.2, 0.25) is 0 Å². The zero-order valence-electron chi connectivity index (χ0n) is 13.3. The molecule has 0 aliphatic rings. The molecule has 5 nitrogen and oxygen atoms in total. The summed E-state index contributed by atoms with van der Waals surface area (Å²) < 4.78 is 9.39. The smallest absolute Gasteiger partial charge is 0.363 e. The fourth-order valence-corrected chi connectivity index (χ4v) is 2.93. The Balaban J connectivity index is 2.14. The van der Waals surface area contributed by atoms with E-state index in [4.69, 9.17) is 9.95 Å². The van der Waals surface area contributed by atoms with Gasteiger partial charge in [0.05, 0.1) is 12.8 Å². The van der Waals surface area contributed by atoms with Crippen molar-refractivity contribution in [2.24, 2.45) is 0 Å². The molecule has 0 bridgehead atoms. The van der Waals surface area contributed by atoms with E-state index in [1.54, 1.807) is 7.11 Å². The Kier molecular flexibility index (Phi) is 3.01. The van der Waals surface area contributed by atoms with Crippen LogP contribution in [0.1, 0.15) is 11.3 Å². The Labute approximate surface area is 133 Å². The molecule has 0 amide bonds.